The highest BCUT2D eigenvalue weighted by atomic mass is 32.2. The van der Waals surface area contributed by atoms with E-state index >= 15 is 0 Å². The third kappa shape index (κ3) is 4.76. The second-order valence-electron chi connectivity index (χ2n) is 8.99. The number of aliphatic imine (C=N–C) groups is 1. The van der Waals surface area contributed by atoms with E-state index in [0.29, 0.717) is 17.5 Å². The highest BCUT2D eigenvalue weighted by Crippen LogP contribution is 2.37. The second kappa shape index (κ2) is 9.73. The molecule has 2 saturated heterocycles. The Labute approximate surface area is 180 Å². The highest BCUT2D eigenvalue weighted by Gasteiger charge is 2.40. The van der Waals surface area contributed by atoms with Crippen molar-refractivity contribution in [2.75, 3.05) is 50.8 Å². The first-order valence-electron chi connectivity index (χ1n) is 11.6. The molecule has 7 heteroatoms. The quantitative estimate of drug-likeness (QED) is 0.588. The molecule has 0 amide bonds. The molecule has 0 bridgehead atoms. The first-order valence-corrected chi connectivity index (χ1v) is 12.7. The predicted molar refractivity (Wildman–Crippen MR) is 123 cm³/mol. The van der Waals surface area contributed by atoms with Crippen LogP contribution in [0.2, 0.25) is 0 Å². The number of hydrogen-bond acceptors (Lipinski definition) is 4. The number of rotatable bonds is 5. The molecule has 1 aromatic rings. The SMILES string of the molecule is CCNC(=NCC1(N2CCSCC2)CCCC1)N1CCC(C)C(n2ccnc2)C1. The van der Waals surface area contributed by atoms with Crippen molar-refractivity contribution in [2.45, 2.75) is 57.5 Å². The van der Waals surface area contributed by atoms with Crippen molar-refractivity contribution in [2.24, 2.45) is 10.9 Å². The Bertz CT molecular complexity index is 648. The number of aromatic nitrogens is 2. The Morgan fingerprint density at radius 2 is 2.03 bits per heavy atom. The van der Waals surface area contributed by atoms with Gasteiger partial charge in [-0.25, -0.2) is 4.98 Å². The molecule has 3 heterocycles. The minimum absolute atomic E-state index is 0.300. The molecule has 0 radical (unpaired) electrons. The van der Waals surface area contributed by atoms with Crippen molar-refractivity contribution >= 4 is 17.7 Å². The molecular weight excluding hydrogens is 380 g/mol. The van der Waals surface area contributed by atoms with Crippen molar-refractivity contribution in [3.8, 4) is 0 Å². The van der Waals surface area contributed by atoms with Gasteiger partial charge in [0, 0.05) is 62.2 Å². The molecule has 0 spiro atoms. The zero-order valence-electron chi connectivity index (χ0n) is 18.2. The van der Waals surface area contributed by atoms with Gasteiger partial charge in [0.1, 0.15) is 0 Å². The number of imidazole rings is 1. The lowest BCUT2D eigenvalue weighted by molar-refractivity contribution is 0.111. The summed E-state index contributed by atoms with van der Waals surface area (Å²) >= 11 is 2.10. The van der Waals surface area contributed by atoms with Crippen LogP contribution < -0.4 is 5.32 Å². The molecule has 162 valence electrons. The second-order valence-corrected chi connectivity index (χ2v) is 10.2. The summed E-state index contributed by atoms with van der Waals surface area (Å²) in [4.78, 5) is 14.8. The number of likely N-dealkylation sites (tertiary alicyclic amines) is 1. The van der Waals surface area contributed by atoms with Crippen LogP contribution >= 0.6 is 11.8 Å². The Hall–Kier alpha value is -1.21. The number of nitrogens with zero attached hydrogens (tertiary/aromatic N) is 5. The van der Waals surface area contributed by atoms with E-state index in [1.807, 2.05) is 12.5 Å². The third-order valence-corrected chi connectivity index (χ3v) is 8.14. The minimum atomic E-state index is 0.300. The third-order valence-electron chi connectivity index (χ3n) is 7.20. The number of guanidine groups is 1. The Balaban J connectivity index is 1.49. The largest absolute Gasteiger partial charge is 0.357 e. The summed E-state index contributed by atoms with van der Waals surface area (Å²) in [6, 6.07) is 0.467. The summed E-state index contributed by atoms with van der Waals surface area (Å²) in [5, 5.41) is 3.61. The summed E-state index contributed by atoms with van der Waals surface area (Å²) in [7, 11) is 0. The molecule has 2 unspecified atom stereocenters. The van der Waals surface area contributed by atoms with Crippen molar-refractivity contribution < 1.29 is 0 Å². The maximum absolute atomic E-state index is 5.27. The molecule has 6 nitrogen and oxygen atoms in total. The van der Waals surface area contributed by atoms with Crippen molar-refractivity contribution in [1.82, 2.24) is 24.7 Å². The van der Waals surface area contributed by atoms with E-state index in [1.165, 1.54) is 56.7 Å². The summed E-state index contributed by atoms with van der Waals surface area (Å²) in [5.74, 6) is 4.34. The smallest absolute Gasteiger partial charge is 0.194 e. The molecule has 3 fully saturated rings. The lowest BCUT2D eigenvalue weighted by atomic mass is 9.93. The Kier molecular flexibility index (Phi) is 7.06. The first kappa shape index (κ1) is 21.0. The monoisotopic (exact) mass is 418 g/mol. The number of piperidine rings is 1. The summed E-state index contributed by atoms with van der Waals surface area (Å²) < 4.78 is 2.28. The molecule has 3 aliphatic rings. The van der Waals surface area contributed by atoms with E-state index < -0.39 is 0 Å². The zero-order chi connectivity index (χ0) is 20.1. The van der Waals surface area contributed by atoms with E-state index in [2.05, 4.69) is 56.5 Å². The molecule has 1 N–H and O–H groups in total. The van der Waals surface area contributed by atoms with Gasteiger partial charge in [0.05, 0.1) is 18.9 Å². The number of nitrogens with one attached hydrogen (secondary N) is 1. The van der Waals surface area contributed by atoms with E-state index in [-0.39, 0.29) is 0 Å². The minimum Gasteiger partial charge on any atom is -0.357 e. The zero-order valence-corrected chi connectivity index (χ0v) is 19.0. The van der Waals surface area contributed by atoms with Gasteiger partial charge in [0.15, 0.2) is 5.96 Å². The lowest BCUT2D eigenvalue weighted by Gasteiger charge is -2.43. The van der Waals surface area contributed by atoms with Gasteiger partial charge in [0.2, 0.25) is 0 Å². The van der Waals surface area contributed by atoms with E-state index in [4.69, 9.17) is 4.99 Å². The van der Waals surface area contributed by atoms with Crippen LogP contribution in [-0.4, -0.2) is 81.6 Å². The van der Waals surface area contributed by atoms with Gasteiger partial charge >= 0.3 is 0 Å². The van der Waals surface area contributed by atoms with Crippen LogP contribution in [0.5, 0.6) is 0 Å². The molecule has 1 saturated carbocycles. The van der Waals surface area contributed by atoms with Crippen LogP contribution in [0.25, 0.3) is 0 Å². The van der Waals surface area contributed by atoms with Gasteiger partial charge in [0.25, 0.3) is 0 Å². The van der Waals surface area contributed by atoms with Crippen LogP contribution in [0, 0.1) is 5.92 Å². The van der Waals surface area contributed by atoms with Crippen LogP contribution in [-0.2, 0) is 0 Å². The van der Waals surface area contributed by atoms with Gasteiger partial charge in [-0.1, -0.05) is 19.8 Å². The van der Waals surface area contributed by atoms with Crippen molar-refractivity contribution in [3.63, 3.8) is 0 Å². The van der Waals surface area contributed by atoms with Gasteiger partial charge in [-0.3, -0.25) is 9.89 Å². The Morgan fingerprint density at radius 3 is 2.72 bits per heavy atom. The van der Waals surface area contributed by atoms with Crippen LogP contribution in [0.3, 0.4) is 0 Å². The molecular formula is C22H38N6S. The molecule has 29 heavy (non-hydrogen) atoms. The molecule has 0 aromatic carbocycles. The molecule has 2 atom stereocenters. The van der Waals surface area contributed by atoms with Gasteiger partial charge in [-0.2, -0.15) is 11.8 Å². The average Bonchev–Trinajstić information content (AvgIpc) is 3.45. The van der Waals surface area contributed by atoms with Gasteiger partial charge < -0.3 is 14.8 Å². The molecule has 1 aromatic heterocycles. The highest BCUT2D eigenvalue weighted by molar-refractivity contribution is 7.99. The van der Waals surface area contributed by atoms with Crippen molar-refractivity contribution in [1.29, 1.82) is 0 Å². The van der Waals surface area contributed by atoms with Crippen LogP contribution in [0.1, 0.15) is 52.0 Å². The van der Waals surface area contributed by atoms with Gasteiger partial charge in [-0.05, 0) is 32.1 Å². The average molecular weight is 419 g/mol. The fourth-order valence-corrected chi connectivity index (χ4v) is 6.29. The van der Waals surface area contributed by atoms with Gasteiger partial charge in [-0.15, -0.1) is 0 Å². The summed E-state index contributed by atoms with van der Waals surface area (Å²) in [6.45, 7) is 11.0. The number of thioether (sulfide) groups is 1. The van der Waals surface area contributed by atoms with E-state index in [1.54, 1.807) is 0 Å². The fraction of sp³-hybridized carbons (Fsp3) is 0.818. The standard InChI is InChI=1S/C22H38N6S/c1-3-24-21(26-10-6-19(2)20(16-26)27-11-9-23-18-27)25-17-22(7-4-5-8-22)28-12-14-29-15-13-28/h9,11,18-20H,3-8,10,12-17H2,1-2H3,(H,24,25). The summed E-state index contributed by atoms with van der Waals surface area (Å²) in [6.07, 6.45) is 12.5. The van der Waals surface area contributed by atoms with E-state index in [9.17, 15) is 0 Å². The van der Waals surface area contributed by atoms with Crippen LogP contribution in [0.15, 0.2) is 23.7 Å². The molecule has 2 aliphatic heterocycles. The fourth-order valence-electron chi connectivity index (χ4n) is 5.39. The van der Waals surface area contributed by atoms with Crippen LogP contribution in [0.4, 0.5) is 0 Å². The lowest BCUT2D eigenvalue weighted by Crippen LogP contribution is -2.54. The molecule has 4 rings (SSSR count). The van der Waals surface area contributed by atoms with Crippen molar-refractivity contribution in [3.05, 3.63) is 18.7 Å². The maximum atomic E-state index is 5.27. The normalized spacial score (nSPS) is 28.6. The Morgan fingerprint density at radius 1 is 1.24 bits per heavy atom. The predicted octanol–water partition coefficient (Wildman–Crippen LogP) is 3.09. The summed E-state index contributed by atoms with van der Waals surface area (Å²) in [5.41, 5.74) is 0.300. The molecule has 1 aliphatic carbocycles. The first-order chi connectivity index (χ1) is 14.2. The van der Waals surface area contributed by atoms with E-state index in [0.717, 1.165) is 32.1 Å². The number of hydrogen-bond donors (Lipinski definition) is 1. The maximum Gasteiger partial charge on any atom is 0.194 e. The topological polar surface area (TPSA) is 48.7 Å².